The third-order valence-corrected chi connectivity index (χ3v) is 2.09. The van der Waals surface area contributed by atoms with Crippen molar-refractivity contribution in [3.8, 4) is 0 Å². The van der Waals surface area contributed by atoms with Gasteiger partial charge in [-0.3, -0.25) is 0 Å². The molecule has 1 atom stereocenters. The van der Waals surface area contributed by atoms with Crippen LogP contribution in [0.4, 0.5) is 14.5 Å². The van der Waals surface area contributed by atoms with E-state index in [0.29, 0.717) is 5.56 Å². The van der Waals surface area contributed by atoms with Gasteiger partial charge in [0, 0.05) is 5.56 Å². The Morgan fingerprint density at radius 3 is 2.79 bits per heavy atom. The van der Waals surface area contributed by atoms with Crippen molar-refractivity contribution in [2.24, 2.45) is 0 Å². The van der Waals surface area contributed by atoms with Crippen LogP contribution in [-0.4, -0.2) is 10.8 Å². The van der Waals surface area contributed by atoms with Gasteiger partial charge in [0.25, 0.3) is 0 Å². The minimum absolute atomic E-state index is 0.00231. The highest BCUT2D eigenvalue weighted by Gasteiger charge is 2.24. The van der Waals surface area contributed by atoms with Crippen molar-refractivity contribution in [1.82, 2.24) is 0 Å². The molecule has 4 heteroatoms. The second-order valence-corrected chi connectivity index (χ2v) is 3.43. The zero-order chi connectivity index (χ0) is 10.3. The van der Waals surface area contributed by atoms with Crippen molar-refractivity contribution in [3.63, 3.8) is 0 Å². The molecule has 1 aromatic rings. The van der Waals surface area contributed by atoms with Crippen molar-refractivity contribution in [2.45, 2.75) is 12.6 Å². The quantitative estimate of drug-likeness (QED) is 0.667. The van der Waals surface area contributed by atoms with Gasteiger partial charge < -0.3 is 10.4 Å². The highest BCUT2D eigenvalue weighted by atomic mass is 19.2. The first-order valence-electron chi connectivity index (χ1n) is 4.17. The van der Waals surface area contributed by atoms with Crippen LogP contribution >= 0.6 is 0 Å². The van der Waals surface area contributed by atoms with Gasteiger partial charge in [-0.05, 0) is 25.1 Å². The van der Waals surface area contributed by atoms with Gasteiger partial charge in [-0.1, -0.05) is 6.08 Å². The van der Waals surface area contributed by atoms with Crippen molar-refractivity contribution in [3.05, 3.63) is 35.4 Å². The number of halogens is 2. The highest BCUT2D eigenvalue weighted by molar-refractivity contribution is 5.72. The van der Waals surface area contributed by atoms with Crippen LogP contribution in [0.2, 0.25) is 0 Å². The number of anilines is 1. The summed E-state index contributed by atoms with van der Waals surface area (Å²) < 4.78 is 26.1. The van der Waals surface area contributed by atoms with Gasteiger partial charge in [0.1, 0.15) is 0 Å². The molecule has 1 aromatic carbocycles. The molecule has 2 rings (SSSR count). The molecule has 0 spiro atoms. The fraction of sp³-hybridized carbons (Fsp3) is 0.200. The Labute approximate surface area is 79.9 Å². The minimum atomic E-state index is -1.33. The summed E-state index contributed by atoms with van der Waals surface area (Å²) >= 11 is 0. The molecular formula is C10H9F2NO. The Kier molecular flexibility index (Phi) is 1.82. The molecule has 1 unspecified atom stereocenters. The third-order valence-electron chi connectivity index (χ3n) is 2.09. The van der Waals surface area contributed by atoms with Crippen molar-refractivity contribution >= 4 is 11.8 Å². The Morgan fingerprint density at radius 1 is 1.36 bits per heavy atom. The summed E-state index contributed by atoms with van der Waals surface area (Å²) in [5, 5.41) is 12.0. The van der Waals surface area contributed by atoms with Gasteiger partial charge in [0.2, 0.25) is 0 Å². The first-order valence-corrected chi connectivity index (χ1v) is 4.17. The van der Waals surface area contributed by atoms with E-state index in [-0.39, 0.29) is 5.69 Å². The summed E-state index contributed by atoms with van der Waals surface area (Å²) in [5.41, 5.74) is -0.810. The Hall–Kier alpha value is -1.42. The van der Waals surface area contributed by atoms with Crippen LogP contribution in [0.3, 0.4) is 0 Å². The lowest BCUT2D eigenvalue weighted by atomic mass is 10.0. The second kappa shape index (κ2) is 2.78. The van der Waals surface area contributed by atoms with Crippen LogP contribution in [0.5, 0.6) is 0 Å². The largest absolute Gasteiger partial charge is 0.368 e. The third kappa shape index (κ3) is 1.37. The summed E-state index contributed by atoms with van der Waals surface area (Å²) in [7, 11) is 0. The van der Waals surface area contributed by atoms with E-state index < -0.39 is 17.4 Å². The fourth-order valence-corrected chi connectivity index (χ4v) is 1.38. The average molecular weight is 197 g/mol. The Bertz CT molecular complexity index is 413. The van der Waals surface area contributed by atoms with E-state index in [1.165, 1.54) is 19.1 Å². The summed E-state index contributed by atoms with van der Waals surface area (Å²) in [6.45, 7) is 1.46. The average Bonchev–Trinajstić information content (AvgIpc) is 2.11. The van der Waals surface area contributed by atoms with Crippen LogP contribution in [0.25, 0.3) is 6.08 Å². The molecule has 1 heterocycles. The Balaban J connectivity index is 2.58. The van der Waals surface area contributed by atoms with Crippen LogP contribution < -0.4 is 5.32 Å². The molecule has 0 bridgehead atoms. The summed E-state index contributed by atoms with van der Waals surface area (Å²) in [4.78, 5) is 0. The van der Waals surface area contributed by atoms with E-state index in [4.69, 9.17) is 0 Å². The number of benzene rings is 1. The number of aliphatic hydroxyl groups is 1. The molecule has 0 aliphatic carbocycles. The molecule has 0 radical (unpaired) electrons. The SMILES string of the molecule is CC1(O)C=Cc2ccc(F)c(F)c2N1. The zero-order valence-corrected chi connectivity index (χ0v) is 7.51. The number of rotatable bonds is 0. The van der Waals surface area contributed by atoms with E-state index in [1.54, 1.807) is 6.08 Å². The van der Waals surface area contributed by atoms with Gasteiger partial charge in [0.15, 0.2) is 17.4 Å². The van der Waals surface area contributed by atoms with Gasteiger partial charge in [-0.25, -0.2) is 8.78 Å². The summed E-state index contributed by atoms with van der Waals surface area (Å²) in [6, 6.07) is 2.51. The van der Waals surface area contributed by atoms with Crippen molar-refractivity contribution < 1.29 is 13.9 Å². The van der Waals surface area contributed by atoms with Crippen molar-refractivity contribution in [2.75, 3.05) is 5.32 Å². The predicted octanol–water partition coefficient (Wildman–Crippen LogP) is 2.11. The lowest BCUT2D eigenvalue weighted by Crippen LogP contribution is -2.34. The van der Waals surface area contributed by atoms with Crippen molar-refractivity contribution in [1.29, 1.82) is 0 Å². The molecule has 2 nitrogen and oxygen atoms in total. The Morgan fingerprint density at radius 2 is 2.07 bits per heavy atom. The summed E-state index contributed by atoms with van der Waals surface area (Å²) in [6.07, 6.45) is 3.03. The van der Waals surface area contributed by atoms with E-state index >= 15 is 0 Å². The van der Waals surface area contributed by atoms with Gasteiger partial charge in [-0.15, -0.1) is 0 Å². The van der Waals surface area contributed by atoms with Gasteiger partial charge >= 0.3 is 0 Å². The van der Waals surface area contributed by atoms with Crippen LogP contribution in [-0.2, 0) is 0 Å². The first-order chi connectivity index (χ1) is 6.49. The van der Waals surface area contributed by atoms with Gasteiger partial charge in [0.05, 0.1) is 5.69 Å². The molecule has 1 aliphatic rings. The fourth-order valence-electron chi connectivity index (χ4n) is 1.38. The lowest BCUT2D eigenvalue weighted by Gasteiger charge is -2.27. The topological polar surface area (TPSA) is 32.3 Å². The molecule has 0 saturated carbocycles. The smallest absolute Gasteiger partial charge is 0.182 e. The van der Waals surface area contributed by atoms with Crippen LogP contribution in [0.15, 0.2) is 18.2 Å². The highest BCUT2D eigenvalue weighted by Crippen LogP contribution is 2.30. The maximum Gasteiger partial charge on any atom is 0.182 e. The normalized spacial score (nSPS) is 24.3. The monoisotopic (exact) mass is 197 g/mol. The first kappa shape index (κ1) is 9.15. The van der Waals surface area contributed by atoms with E-state index in [0.717, 1.165) is 6.07 Å². The zero-order valence-electron chi connectivity index (χ0n) is 7.51. The van der Waals surface area contributed by atoms with E-state index in [1.807, 2.05) is 0 Å². The number of hydrogen-bond acceptors (Lipinski definition) is 2. The molecule has 0 fully saturated rings. The van der Waals surface area contributed by atoms with Crippen LogP contribution in [0.1, 0.15) is 12.5 Å². The molecule has 0 saturated heterocycles. The minimum Gasteiger partial charge on any atom is -0.368 e. The van der Waals surface area contributed by atoms with Gasteiger partial charge in [-0.2, -0.15) is 0 Å². The molecule has 1 aliphatic heterocycles. The molecular weight excluding hydrogens is 188 g/mol. The molecule has 0 aromatic heterocycles. The molecule has 14 heavy (non-hydrogen) atoms. The molecule has 2 N–H and O–H groups in total. The molecule has 0 amide bonds. The number of fused-ring (bicyclic) bond motifs is 1. The predicted molar refractivity (Wildman–Crippen MR) is 49.6 cm³/mol. The maximum atomic E-state index is 13.2. The second-order valence-electron chi connectivity index (χ2n) is 3.43. The van der Waals surface area contributed by atoms with E-state index in [2.05, 4.69) is 5.32 Å². The summed E-state index contributed by atoms with van der Waals surface area (Å²) in [5.74, 6) is -1.89. The van der Waals surface area contributed by atoms with Crippen LogP contribution in [0, 0.1) is 11.6 Å². The standard InChI is InChI=1S/C10H9F2NO/c1-10(14)5-4-6-2-3-7(11)8(12)9(6)13-10/h2-5,13-14H,1H3. The van der Waals surface area contributed by atoms with E-state index in [9.17, 15) is 13.9 Å². The number of nitrogens with one attached hydrogen (secondary N) is 1. The maximum absolute atomic E-state index is 13.2. The number of hydrogen-bond donors (Lipinski definition) is 2. The lowest BCUT2D eigenvalue weighted by molar-refractivity contribution is 0.142. The molecule has 74 valence electrons.